The van der Waals surface area contributed by atoms with Gasteiger partial charge in [-0.3, -0.25) is 0 Å². The van der Waals surface area contributed by atoms with Crippen molar-refractivity contribution >= 4 is 29.1 Å². The summed E-state index contributed by atoms with van der Waals surface area (Å²) in [5.74, 6) is 0.724. The van der Waals surface area contributed by atoms with Gasteiger partial charge in [-0.25, -0.2) is 4.39 Å². The monoisotopic (exact) mass is 334 g/mol. The molecule has 0 amide bonds. The molecule has 0 aliphatic carbocycles. The van der Waals surface area contributed by atoms with Crippen LogP contribution < -0.4 is 5.32 Å². The second kappa shape index (κ2) is 8.76. The van der Waals surface area contributed by atoms with Crippen LogP contribution in [0.3, 0.4) is 0 Å². The zero-order valence-corrected chi connectivity index (χ0v) is 14.1. The van der Waals surface area contributed by atoms with Crippen molar-refractivity contribution in [1.29, 1.82) is 0 Å². The van der Waals surface area contributed by atoms with Gasteiger partial charge in [-0.1, -0.05) is 30.3 Å². The van der Waals surface area contributed by atoms with Crippen LogP contribution in [0.2, 0.25) is 0 Å². The molecular weight excluding hydrogens is 315 g/mol. The maximum absolute atomic E-state index is 13.2. The molecule has 1 N–H and O–H groups in total. The van der Waals surface area contributed by atoms with E-state index in [0.717, 1.165) is 17.9 Å². The molecule has 5 heteroatoms. The van der Waals surface area contributed by atoms with Gasteiger partial charge in [0.05, 0.1) is 0 Å². The van der Waals surface area contributed by atoms with E-state index in [0.29, 0.717) is 11.7 Å². The normalized spacial score (nSPS) is 10.3. The second-order valence-electron chi connectivity index (χ2n) is 4.88. The molecule has 116 valence electrons. The van der Waals surface area contributed by atoms with Crippen LogP contribution in [0.4, 0.5) is 4.39 Å². The highest BCUT2D eigenvalue weighted by atomic mass is 32.2. The number of rotatable bonds is 6. The fourth-order valence-corrected chi connectivity index (χ4v) is 2.92. The van der Waals surface area contributed by atoms with Gasteiger partial charge in [0.2, 0.25) is 0 Å². The molecule has 2 nitrogen and oxygen atoms in total. The maximum Gasteiger partial charge on any atom is 0.169 e. The molecule has 2 aromatic rings. The lowest BCUT2D eigenvalue weighted by atomic mass is 10.2. The number of halogens is 1. The molecule has 0 fully saturated rings. The van der Waals surface area contributed by atoms with Crippen molar-refractivity contribution in [3.63, 3.8) is 0 Å². The zero-order chi connectivity index (χ0) is 15.8. The minimum Gasteiger partial charge on any atom is -0.362 e. The lowest BCUT2D eigenvalue weighted by Crippen LogP contribution is -2.37. The lowest BCUT2D eigenvalue weighted by Gasteiger charge is -2.21. The third-order valence-corrected chi connectivity index (χ3v) is 4.52. The molecule has 0 atom stereocenters. The first-order chi connectivity index (χ1) is 10.6. The Labute approximate surface area is 140 Å². The molecule has 0 heterocycles. The predicted molar refractivity (Wildman–Crippen MR) is 95.6 cm³/mol. The Morgan fingerprint density at radius 3 is 2.68 bits per heavy atom. The Morgan fingerprint density at radius 2 is 1.95 bits per heavy atom. The largest absolute Gasteiger partial charge is 0.362 e. The molecule has 0 spiro atoms. The first-order valence-corrected chi connectivity index (χ1v) is 8.46. The Balaban J connectivity index is 1.70. The zero-order valence-electron chi connectivity index (χ0n) is 12.5. The number of hydrogen-bond donors (Lipinski definition) is 1. The van der Waals surface area contributed by atoms with Crippen LogP contribution in [0.1, 0.15) is 5.56 Å². The molecule has 2 aromatic carbocycles. The van der Waals surface area contributed by atoms with E-state index in [1.54, 1.807) is 17.8 Å². The fraction of sp³-hybridized carbons (Fsp3) is 0.235. The molecular formula is C17H19FN2S2. The third-order valence-electron chi connectivity index (χ3n) is 3.05. The van der Waals surface area contributed by atoms with E-state index < -0.39 is 0 Å². The summed E-state index contributed by atoms with van der Waals surface area (Å²) in [6, 6.07) is 16.9. The highest BCUT2D eigenvalue weighted by Crippen LogP contribution is 2.15. The average molecular weight is 334 g/mol. The van der Waals surface area contributed by atoms with Gasteiger partial charge in [0, 0.05) is 30.8 Å². The summed E-state index contributed by atoms with van der Waals surface area (Å²) in [6.07, 6.45) is 0. The van der Waals surface area contributed by atoms with Gasteiger partial charge in [0.1, 0.15) is 5.82 Å². The van der Waals surface area contributed by atoms with Crippen LogP contribution in [-0.2, 0) is 6.54 Å². The highest BCUT2D eigenvalue weighted by molar-refractivity contribution is 7.99. The van der Waals surface area contributed by atoms with Crippen molar-refractivity contribution in [3.8, 4) is 0 Å². The topological polar surface area (TPSA) is 15.3 Å². The number of thiocarbonyl (C=S) groups is 1. The van der Waals surface area contributed by atoms with Gasteiger partial charge in [-0.2, -0.15) is 0 Å². The molecule has 0 aliphatic heterocycles. The first kappa shape index (κ1) is 16.8. The van der Waals surface area contributed by atoms with Crippen molar-refractivity contribution < 1.29 is 4.39 Å². The van der Waals surface area contributed by atoms with Gasteiger partial charge in [-0.05, 0) is 42.0 Å². The Kier molecular flexibility index (Phi) is 6.68. The van der Waals surface area contributed by atoms with Crippen LogP contribution in [-0.4, -0.2) is 29.4 Å². The SMILES string of the molecule is CN(Cc1cccc(F)c1)C(=S)NCCSc1ccccc1. The van der Waals surface area contributed by atoms with Crippen LogP contribution in [0.5, 0.6) is 0 Å². The van der Waals surface area contributed by atoms with E-state index in [-0.39, 0.29) is 5.82 Å². The summed E-state index contributed by atoms with van der Waals surface area (Å²) >= 11 is 7.14. The molecule has 0 saturated heterocycles. The summed E-state index contributed by atoms with van der Waals surface area (Å²) in [6.45, 7) is 1.39. The molecule has 2 rings (SSSR count). The van der Waals surface area contributed by atoms with E-state index in [2.05, 4.69) is 17.4 Å². The molecule has 0 aliphatic rings. The third kappa shape index (κ3) is 5.66. The Hall–Kier alpha value is -1.59. The quantitative estimate of drug-likeness (QED) is 0.489. The molecule has 22 heavy (non-hydrogen) atoms. The van der Waals surface area contributed by atoms with Gasteiger partial charge in [0.15, 0.2) is 5.11 Å². The van der Waals surface area contributed by atoms with E-state index in [1.165, 1.54) is 17.0 Å². The molecule has 0 unspecified atom stereocenters. The van der Waals surface area contributed by atoms with Crippen LogP contribution in [0.15, 0.2) is 59.5 Å². The van der Waals surface area contributed by atoms with Crippen molar-refractivity contribution in [2.45, 2.75) is 11.4 Å². The smallest absolute Gasteiger partial charge is 0.169 e. The summed E-state index contributed by atoms with van der Waals surface area (Å²) in [5.41, 5.74) is 0.908. The standard InChI is InChI=1S/C17H19FN2S2/c1-20(13-14-6-5-7-15(18)12-14)17(21)19-10-11-22-16-8-3-2-4-9-16/h2-9,12H,10-11,13H2,1H3,(H,19,21). The number of nitrogens with zero attached hydrogens (tertiary/aromatic N) is 1. The second-order valence-corrected chi connectivity index (χ2v) is 6.43. The summed E-state index contributed by atoms with van der Waals surface area (Å²) in [4.78, 5) is 3.17. The van der Waals surface area contributed by atoms with E-state index in [4.69, 9.17) is 12.2 Å². The number of thioether (sulfide) groups is 1. The minimum atomic E-state index is -0.218. The van der Waals surface area contributed by atoms with Gasteiger partial charge >= 0.3 is 0 Å². The van der Waals surface area contributed by atoms with Crippen molar-refractivity contribution in [3.05, 3.63) is 66.0 Å². The van der Waals surface area contributed by atoms with E-state index in [9.17, 15) is 4.39 Å². The van der Waals surface area contributed by atoms with Gasteiger partial charge in [-0.15, -0.1) is 11.8 Å². The molecule has 0 radical (unpaired) electrons. The average Bonchev–Trinajstić information content (AvgIpc) is 2.52. The van der Waals surface area contributed by atoms with Gasteiger partial charge < -0.3 is 10.2 Å². The lowest BCUT2D eigenvalue weighted by molar-refractivity contribution is 0.489. The van der Waals surface area contributed by atoms with Gasteiger partial charge in [0.25, 0.3) is 0 Å². The van der Waals surface area contributed by atoms with E-state index >= 15 is 0 Å². The van der Waals surface area contributed by atoms with E-state index in [1.807, 2.05) is 36.2 Å². The van der Waals surface area contributed by atoms with Crippen LogP contribution in [0.25, 0.3) is 0 Å². The molecule has 0 aromatic heterocycles. The van der Waals surface area contributed by atoms with Crippen molar-refractivity contribution in [1.82, 2.24) is 10.2 Å². The number of hydrogen-bond acceptors (Lipinski definition) is 2. The predicted octanol–water partition coefficient (Wildman–Crippen LogP) is 3.92. The highest BCUT2D eigenvalue weighted by Gasteiger charge is 2.05. The number of benzene rings is 2. The Bertz CT molecular complexity index is 605. The fourth-order valence-electron chi connectivity index (χ4n) is 1.96. The summed E-state index contributed by atoms with van der Waals surface area (Å²) in [5, 5.41) is 3.91. The number of nitrogens with one attached hydrogen (secondary N) is 1. The Morgan fingerprint density at radius 1 is 1.18 bits per heavy atom. The van der Waals surface area contributed by atoms with Crippen LogP contribution in [0, 0.1) is 5.82 Å². The first-order valence-electron chi connectivity index (χ1n) is 7.06. The van der Waals surface area contributed by atoms with Crippen molar-refractivity contribution in [2.24, 2.45) is 0 Å². The molecule has 0 saturated carbocycles. The van der Waals surface area contributed by atoms with Crippen LogP contribution >= 0.6 is 24.0 Å². The minimum absolute atomic E-state index is 0.218. The van der Waals surface area contributed by atoms with Crippen molar-refractivity contribution in [2.75, 3.05) is 19.3 Å². The summed E-state index contributed by atoms with van der Waals surface area (Å²) < 4.78 is 13.2. The molecule has 0 bridgehead atoms. The maximum atomic E-state index is 13.2. The summed E-state index contributed by atoms with van der Waals surface area (Å²) in [7, 11) is 1.91.